The fraction of sp³-hybridized carbons (Fsp3) is 0.133. The Balaban J connectivity index is 1.83. The first-order valence-corrected chi connectivity index (χ1v) is 11.0. The fourth-order valence-corrected chi connectivity index (χ4v) is 11.3. The van der Waals surface area contributed by atoms with Crippen LogP contribution in [0.15, 0.2) is 47.1 Å². The zero-order valence-electron chi connectivity index (χ0n) is 10.5. The molecule has 5 heteroatoms. The number of carbonyl (C=O) groups is 2. The van der Waals surface area contributed by atoms with Crippen LogP contribution < -0.4 is 21.2 Å². The third-order valence-corrected chi connectivity index (χ3v) is 11.7. The third-order valence-electron chi connectivity index (χ3n) is 3.00. The Morgan fingerprint density at radius 3 is 2.75 bits per heavy atom. The van der Waals surface area contributed by atoms with Gasteiger partial charge in [0.25, 0.3) is 0 Å². The van der Waals surface area contributed by atoms with Crippen LogP contribution in [0, 0.1) is 0 Å². The molecule has 2 nitrogen and oxygen atoms in total. The van der Waals surface area contributed by atoms with E-state index in [-0.39, 0.29) is 53.2 Å². The van der Waals surface area contributed by atoms with E-state index >= 15 is 0 Å². The second-order valence-corrected chi connectivity index (χ2v) is 13.0. The first kappa shape index (κ1) is 14.7. The van der Waals surface area contributed by atoms with Crippen LogP contribution in [0.5, 0.6) is 0 Å². The van der Waals surface area contributed by atoms with Crippen molar-refractivity contribution in [2.24, 2.45) is 0 Å². The summed E-state index contributed by atoms with van der Waals surface area (Å²) in [5.41, 5.74) is 2.23. The van der Waals surface area contributed by atoms with E-state index in [1.807, 2.05) is 24.3 Å². The van der Waals surface area contributed by atoms with Crippen LogP contribution in [0.25, 0.3) is 0 Å². The van der Waals surface area contributed by atoms with Gasteiger partial charge in [-0.15, -0.1) is 0 Å². The molecule has 2 aliphatic heterocycles. The first-order valence-electron chi connectivity index (χ1n) is 6.11. The number of ketones is 1. The van der Waals surface area contributed by atoms with Crippen molar-refractivity contribution < 1.29 is 30.8 Å². The van der Waals surface area contributed by atoms with Crippen LogP contribution in [0.1, 0.15) is 12.0 Å². The summed E-state index contributed by atoms with van der Waals surface area (Å²) in [6, 6.07) is 10.3. The standard InChI is InChI=1S/C15H12I2O2P/c18-13-7-10(6-9-4-2-1-3-5-9)16-14-11(13)8-12(17-14)15(19)20/h1-5,8H,6-7,20H2/q-1. The molecule has 1 aromatic rings. The summed E-state index contributed by atoms with van der Waals surface area (Å²) in [6.07, 6.45) is 3.36. The molecule has 0 amide bonds. The molecule has 1 atom stereocenters. The van der Waals surface area contributed by atoms with Gasteiger partial charge in [0.1, 0.15) is 0 Å². The van der Waals surface area contributed by atoms with Crippen LogP contribution in [-0.4, -0.2) is 14.8 Å². The summed E-state index contributed by atoms with van der Waals surface area (Å²) < 4.78 is 3.62. The summed E-state index contributed by atoms with van der Waals surface area (Å²) in [5, 5.41) is 0. The second-order valence-electron chi connectivity index (χ2n) is 4.50. The minimum atomic E-state index is -0.378. The van der Waals surface area contributed by atoms with Crippen molar-refractivity contribution in [1.29, 1.82) is 0 Å². The number of benzene rings is 1. The SMILES string of the molecule is O=C(P)C1=CC2=C(I=C(Cc3ccccc3)CC2=O)[I-]1. The van der Waals surface area contributed by atoms with Gasteiger partial charge in [0, 0.05) is 0 Å². The quantitative estimate of drug-likeness (QED) is 0.424. The molecule has 2 heterocycles. The summed E-state index contributed by atoms with van der Waals surface area (Å²) in [6.45, 7) is 0. The predicted molar refractivity (Wildman–Crippen MR) is 88.6 cm³/mol. The first-order chi connectivity index (χ1) is 9.63. The average molecular weight is 509 g/mol. The summed E-state index contributed by atoms with van der Waals surface area (Å²) in [4.78, 5) is 23.7. The zero-order valence-corrected chi connectivity index (χ0v) is 16.0. The van der Waals surface area contributed by atoms with Crippen LogP contribution in [-0.2, 0) is 16.0 Å². The van der Waals surface area contributed by atoms with E-state index < -0.39 is 0 Å². The van der Waals surface area contributed by atoms with Gasteiger partial charge in [-0.05, 0) is 0 Å². The van der Waals surface area contributed by atoms with Crippen molar-refractivity contribution in [3.05, 3.63) is 52.7 Å². The third kappa shape index (κ3) is 3.17. The van der Waals surface area contributed by atoms with E-state index in [0.29, 0.717) is 6.42 Å². The Labute approximate surface area is 140 Å². The van der Waals surface area contributed by atoms with E-state index in [1.165, 1.54) is 10.7 Å². The summed E-state index contributed by atoms with van der Waals surface area (Å²) in [5.74, 6) is 0.220. The molecule has 0 bridgehead atoms. The number of hydrogen-bond acceptors (Lipinski definition) is 2. The molecule has 20 heavy (non-hydrogen) atoms. The molecule has 0 N–H and O–H groups in total. The normalized spacial score (nSPS) is 18.6. The molecular formula is C15H12I2O2P-. The Morgan fingerprint density at radius 2 is 2.05 bits per heavy atom. The van der Waals surface area contributed by atoms with Gasteiger partial charge in [0.05, 0.1) is 0 Å². The van der Waals surface area contributed by atoms with Crippen molar-refractivity contribution in [3.8, 4) is 0 Å². The van der Waals surface area contributed by atoms with E-state index in [2.05, 4.69) is 21.4 Å². The van der Waals surface area contributed by atoms with Gasteiger partial charge in [0.15, 0.2) is 0 Å². The maximum absolute atomic E-state index is 12.2. The molecule has 1 aromatic carbocycles. The van der Waals surface area contributed by atoms with Gasteiger partial charge >= 0.3 is 141 Å². The number of halogens is 2. The van der Waals surface area contributed by atoms with E-state index in [1.54, 1.807) is 0 Å². The molecule has 0 spiro atoms. The van der Waals surface area contributed by atoms with Crippen molar-refractivity contribution >= 4 is 44.8 Å². The fourth-order valence-electron chi connectivity index (χ4n) is 2.05. The van der Waals surface area contributed by atoms with Gasteiger partial charge in [-0.25, -0.2) is 0 Å². The topological polar surface area (TPSA) is 34.1 Å². The summed E-state index contributed by atoms with van der Waals surface area (Å²) >= 11 is -0.568. The molecule has 3 rings (SSSR count). The van der Waals surface area contributed by atoms with E-state index in [9.17, 15) is 9.59 Å². The molecule has 104 valence electrons. The van der Waals surface area contributed by atoms with Crippen molar-refractivity contribution in [3.63, 3.8) is 0 Å². The number of allylic oxidation sites excluding steroid dienone is 3. The second kappa shape index (κ2) is 6.28. The van der Waals surface area contributed by atoms with Crippen LogP contribution >= 0.6 is 30.0 Å². The predicted octanol–water partition coefficient (Wildman–Crippen LogP) is -0.0552. The molecule has 0 fully saturated rings. The Hall–Kier alpha value is -0.200. The molecule has 2 aliphatic rings. The van der Waals surface area contributed by atoms with Gasteiger partial charge in [-0.3, -0.25) is 0 Å². The van der Waals surface area contributed by atoms with Gasteiger partial charge in [0.2, 0.25) is 0 Å². The number of carbonyl (C=O) groups excluding carboxylic acids is 2. The van der Waals surface area contributed by atoms with Crippen LogP contribution in [0.3, 0.4) is 0 Å². The molecular weight excluding hydrogens is 497 g/mol. The van der Waals surface area contributed by atoms with Crippen molar-refractivity contribution in [2.45, 2.75) is 12.8 Å². The minimum absolute atomic E-state index is 0.0635. The van der Waals surface area contributed by atoms with Crippen LogP contribution in [0.2, 0.25) is 0 Å². The number of rotatable bonds is 3. The Kier molecular flexibility index (Phi) is 4.62. The molecule has 0 aromatic heterocycles. The molecule has 0 aliphatic carbocycles. The van der Waals surface area contributed by atoms with Crippen molar-refractivity contribution in [1.82, 2.24) is 0 Å². The molecule has 0 saturated heterocycles. The summed E-state index contributed by atoms with van der Waals surface area (Å²) in [7, 11) is 2.23. The van der Waals surface area contributed by atoms with Gasteiger partial charge < -0.3 is 0 Å². The number of Topliss-reactive ketones (excluding diaryl/α,β-unsaturated/α-hetero) is 1. The Bertz CT molecular complexity index is 687. The van der Waals surface area contributed by atoms with Gasteiger partial charge in [-0.2, -0.15) is 0 Å². The Morgan fingerprint density at radius 1 is 1.30 bits per heavy atom. The average Bonchev–Trinajstić information content (AvgIpc) is 2.84. The van der Waals surface area contributed by atoms with Crippen LogP contribution in [0.4, 0.5) is 0 Å². The molecule has 1 unspecified atom stereocenters. The molecule has 0 saturated carbocycles. The van der Waals surface area contributed by atoms with E-state index in [0.717, 1.165) is 15.6 Å². The zero-order chi connectivity index (χ0) is 14.1. The maximum atomic E-state index is 12.2. The monoisotopic (exact) mass is 509 g/mol. The van der Waals surface area contributed by atoms with Crippen molar-refractivity contribution in [2.75, 3.05) is 0 Å². The number of hydrogen-bond donors (Lipinski definition) is 0. The molecule has 0 radical (unpaired) electrons. The van der Waals surface area contributed by atoms with E-state index in [4.69, 9.17) is 0 Å². The van der Waals surface area contributed by atoms with Gasteiger partial charge in [-0.1, -0.05) is 0 Å².